The van der Waals surface area contributed by atoms with Crippen molar-refractivity contribution in [1.82, 2.24) is 14.0 Å². The molecule has 3 heterocycles. The lowest BCUT2D eigenvalue weighted by Crippen LogP contribution is -2.51. The Balaban J connectivity index is 1.50. The maximum atomic E-state index is 14.9. The quantitative estimate of drug-likeness (QED) is 0.213. The summed E-state index contributed by atoms with van der Waals surface area (Å²) in [6, 6.07) is 11.6. The highest BCUT2D eigenvalue weighted by atomic mass is 19.4. The molecule has 47 heavy (non-hydrogen) atoms. The van der Waals surface area contributed by atoms with Crippen molar-refractivity contribution in [2.24, 2.45) is 0 Å². The van der Waals surface area contributed by atoms with Crippen LogP contribution in [0.3, 0.4) is 0 Å². The molecule has 2 aromatic carbocycles. The van der Waals surface area contributed by atoms with E-state index in [2.05, 4.69) is 0 Å². The average molecular weight is 669 g/mol. The van der Waals surface area contributed by atoms with Crippen LogP contribution < -0.4 is 20.9 Å². The van der Waals surface area contributed by atoms with E-state index >= 15 is 0 Å². The van der Waals surface area contributed by atoms with Crippen molar-refractivity contribution in [3.8, 4) is 5.75 Å². The summed E-state index contributed by atoms with van der Waals surface area (Å²) in [6.45, 7) is 1.59. The van der Waals surface area contributed by atoms with Crippen molar-refractivity contribution in [2.75, 3.05) is 38.2 Å². The minimum atomic E-state index is -4.90. The van der Waals surface area contributed by atoms with Gasteiger partial charge in [0.2, 0.25) is 5.76 Å². The highest BCUT2D eigenvalue weighted by molar-refractivity contribution is 5.50. The van der Waals surface area contributed by atoms with Crippen LogP contribution in [0.15, 0.2) is 68.6 Å². The molecule has 0 amide bonds. The van der Waals surface area contributed by atoms with Crippen LogP contribution in [0.25, 0.3) is 0 Å². The predicted molar refractivity (Wildman–Crippen MR) is 158 cm³/mol. The summed E-state index contributed by atoms with van der Waals surface area (Å²) in [5.41, 5.74) is -2.75. The second-order valence-electron chi connectivity index (χ2n) is 11.1. The molecule has 1 saturated heterocycles. The molecule has 1 aliphatic heterocycles. The summed E-state index contributed by atoms with van der Waals surface area (Å²) in [5.74, 6) is -1.63. The zero-order chi connectivity index (χ0) is 34.1. The number of ether oxygens (including phenoxy) is 1. The number of aryl methyl sites for hydroxylation is 1. The monoisotopic (exact) mass is 668 g/mol. The number of hydrogen-bond donors (Lipinski definition) is 0. The smallest absolute Gasteiger partial charge is 0.449 e. The molecule has 252 valence electrons. The largest absolute Gasteiger partial charge is 0.496 e. The molecule has 0 aliphatic carbocycles. The second-order valence-corrected chi connectivity index (χ2v) is 11.1. The number of nitrogens with zero attached hydrogens (tertiary/aromatic N) is 4. The average Bonchev–Trinajstić information content (AvgIpc) is 3.50. The molecule has 2 aromatic heterocycles. The molecule has 0 unspecified atom stereocenters. The topological polar surface area (TPSA) is 72.8 Å². The van der Waals surface area contributed by atoms with Crippen LogP contribution in [-0.4, -0.2) is 47.3 Å². The van der Waals surface area contributed by atoms with Gasteiger partial charge < -0.3 is 14.1 Å². The number of piperazine rings is 1. The molecule has 0 atom stereocenters. The maximum absolute atomic E-state index is 14.9. The summed E-state index contributed by atoms with van der Waals surface area (Å²) >= 11 is 0. The fourth-order valence-corrected chi connectivity index (χ4v) is 5.78. The van der Waals surface area contributed by atoms with E-state index in [1.165, 1.54) is 20.1 Å². The first kappa shape index (κ1) is 33.8. The van der Waals surface area contributed by atoms with Crippen LogP contribution in [0.5, 0.6) is 5.75 Å². The van der Waals surface area contributed by atoms with Gasteiger partial charge in [-0.05, 0) is 49.2 Å². The van der Waals surface area contributed by atoms with Crippen LogP contribution in [0.4, 0.5) is 36.4 Å². The number of methoxy groups -OCH3 is 1. The molecule has 15 heteroatoms. The van der Waals surface area contributed by atoms with Gasteiger partial charge in [0.15, 0.2) is 0 Å². The van der Waals surface area contributed by atoms with E-state index in [0.717, 1.165) is 33.4 Å². The van der Waals surface area contributed by atoms with E-state index in [1.807, 2.05) is 4.90 Å². The van der Waals surface area contributed by atoms with Crippen molar-refractivity contribution in [1.29, 1.82) is 0 Å². The lowest BCUT2D eigenvalue weighted by atomic mass is 10.1. The van der Waals surface area contributed by atoms with Crippen LogP contribution in [0, 0.1) is 12.7 Å². The Morgan fingerprint density at radius 3 is 2.17 bits per heavy atom. The number of para-hydroxylation sites is 1. The minimum Gasteiger partial charge on any atom is -0.496 e. The molecular weight excluding hydrogens is 637 g/mol. The number of anilines is 1. The Labute approximate surface area is 264 Å². The lowest BCUT2D eigenvalue weighted by Gasteiger charge is -2.36. The molecule has 4 aromatic rings. The van der Waals surface area contributed by atoms with E-state index in [1.54, 1.807) is 29.2 Å². The van der Waals surface area contributed by atoms with Gasteiger partial charge >= 0.3 is 18.0 Å². The van der Waals surface area contributed by atoms with Gasteiger partial charge in [-0.25, -0.2) is 9.18 Å². The van der Waals surface area contributed by atoms with E-state index in [9.17, 15) is 40.3 Å². The molecule has 0 N–H and O–H groups in total. The minimum absolute atomic E-state index is 0.0548. The molecule has 5 rings (SSSR count). The molecule has 0 saturated carbocycles. The fourth-order valence-electron chi connectivity index (χ4n) is 5.78. The summed E-state index contributed by atoms with van der Waals surface area (Å²) in [7, 11) is 1.47. The number of aromatic nitrogens is 2. The SMILES string of the molecule is COc1ccccc1CCn1c(=O)c(N2CCN(Cc3ccc(C(F)(F)F)o3)CC2)c(C)n(Cc2c(F)cccc2C(F)(F)F)c1=O. The van der Waals surface area contributed by atoms with Crippen molar-refractivity contribution < 1.29 is 39.9 Å². The predicted octanol–water partition coefficient (Wildman–Crippen LogP) is 5.71. The molecular formula is C32H31F7N4O4. The zero-order valence-corrected chi connectivity index (χ0v) is 25.4. The van der Waals surface area contributed by atoms with Gasteiger partial charge in [-0.1, -0.05) is 24.3 Å². The second kappa shape index (κ2) is 13.3. The first-order valence-electron chi connectivity index (χ1n) is 14.6. The third-order valence-corrected chi connectivity index (χ3v) is 8.20. The molecule has 1 aliphatic rings. The number of halogens is 7. The summed E-state index contributed by atoms with van der Waals surface area (Å²) in [6.07, 6.45) is -9.35. The third-order valence-electron chi connectivity index (χ3n) is 8.20. The van der Waals surface area contributed by atoms with Crippen molar-refractivity contribution >= 4 is 5.69 Å². The van der Waals surface area contributed by atoms with Gasteiger partial charge in [-0.3, -0.25) is 18.8 Å². The molecule has 0 spiro atoms. The van der Waals surface area contributed by atoms with Gasteiger partial charge in [-0.2, -0.15) is 26.3 Å². The Morgan fingerprint density at radius 1 is 0.830 bits per heavy atom. The van der Waals surface area contributed by atoms with Gasteiger partial charge in [0.1, 0.15) is 23.0 Å². The first-order valence-corrected chi connectivity index (χ1v) is 14.6. The van der Waals surface area contributed by atoms with Gasteiger partial charge in [0.25, 0.3) is 5.56 Å². The Bertz CT molecular complexity index is 1850. The van der Waals surface area contributed by atoms with E-state index in [0.29, 0.717) is 24.4 Å². The highest BCUT2D eigenvalue weighted by Crippen LogP contribution is 2.34. The van der Waals surface area contributed by atoms with Gasteiger partial charge in [-0.15, -0.1) is 0 Å². The van der Waals surface area contributed by atoms with Gasteiger partial charge in [0.05, 0.1) is 25.8 Å². The van der Waals surface area contributed by atoms with Crippen molar-refractivity contribution in [3.05, 3.63) is 115 Å². The van der Waals surface area contributed by atoms with Crippen LogP contribution in [-0.2, 0) is 38.4 Å². The van der Waals surface area contributed by atoms with E-state index in [-0.39, 0.29) is 49.7 Å². The number of furan rings is 1. The first-order chi connectivity index (χ1) is 22.2. The Hall–Kier alpha value is -4.53. The van der Waals surface area contributed by atoms with Crippen molar-refractivity contribution in [2.45, 2.75) is 45.3 Å². The molecule has 0 bridgehead atoms. The summed E-state index contributed by atoms with van der Waals surface area (Å²) < 4.78 is 108. The summed E-state index contributed by atoms with van der Waals surface area (Å²) in [4.78, 5) is 31.2. The lowest BCUT2D eigenvalue weighted by molar-refractivity contribution is -0.153. The number of alkyl halides is 6. The zero-order valence-electron chi connectivity index (χ0n) is 25.4. The summed E-state index contributed by atoms with van der Waals surface area (Å²) in [5, 5.41) is 0. The Morgan fingerprint density at radius 2 is 1.53 bits per heavy atom. The normalized spacial score (nSPS) is 14.5. The van der Waals surface area contributed by atoms with Crippen LogP contribution in [0.1, 0.15) is 33.9 Å². The fraction of sp³-hybridized carbons (Fsp3) is 0.375. The van der Waals surface area contributed by atoms with E-state index in [4.69, 9.17) is 9.15 Å². The van der Waals surface area contributed by atoms with Crippen LogP contribution in [0.2, 0.25) is 0 Å². The highest BCUT2D eigenvalue weighted by Gasteiger charge is 2.36. The standard InChI is InChI=1S/C32H31F7N4O4/c1-20-28(41-16-14-40(15-17-41)18-22-10-11-27(47-22)32(37,38)39)29(44)42(13-12-21-6-3-4-9-26(21)46-2)30(45)43(20)19-23-24(31(34,35)36)7-5-8-25(23)33/h3-11H,12-19H2,1-2H3. The number of benzene rings is 2. The number of hydrogen-bond acceptors (Lipinski definition) is 6. The molecule has 1 fully saturated rings. The molecule has 8 nitrogen and oxygen atoms in total. The third kappa shape index (κ3) is 7.24. The maximum Gasteiger partial charge on any atom is 0.449 e. The van der Waals surface area contributed by atoms with E-state index < -0.39 is 52.9 Å². The van der Waals surface area contributed by atoms with Crippen LogP contribution >= 0.6 is 0 Å². The number of rotatable bonds is 9. The Kier molecular flexibility index (Phi) is 9.57. The van der Waals surface area contributed by atoms with Gasteiger partial charge in [0, 0.05) is 44.0 Å². The van der Waals surface area contributed by atoms with Crippen molar-refractivity contribution in [3.63, 3.8) is 0 Å². The molecule has 0 radical (unpaired) electrons.